The maximum Gasteiger partial charge on any atom is 0.319 e. The van der Waals surface area contributed by atoms with Crippen molar-refractivity contribution in [2.75, 3.05) is 33.3 Å². The zero-order valence-corrected chi connectivity index (χ0v) is 15.6. The molecule has 7 heteroatoms. The molecule has 1 aliphatic carbocycles. The minimum absolute atomic E-state index is 0.0690. The van der Waals surface area contributed by atoms with Gasteiger partial charge < -0.3 is 19.6 Å². The molecule has 27 heavy (non-hydrogen) atoms. The second kappa shape index (κ2) is 7.98. The number of amides is 2. The fourth-order valence-corrected chi connectivity index (χ4v) is 3.52. The molecule has 1 saturated carbocycles. The highest BCUT2D eigenvalue weighted by atomic mass is 16.5. The van der Waals surface area contributed by atoms with Gasteiger partial charge in [0.1, 0.15) is 11.2 Å². The minimum Gasteiger partial charge on any atom is -0.497 e. The van der Waals surface area contributed by atoms with Crippen LogP contribution in [0.2, 0.25) is 0 Å². The number of carbonyl (C=O) groups is 3. The van der Waals surface area contributed by atoms with Crippen LogP contribution in [0.25, 0.3) is 0 Å². The lowest BCUT2D eigenvalue weighted by Crippen LogP contribution is -2.43. The van der Waals surface area contributed by atoms with Crippen LogP contribution in [0.3, 0.4) is 0 Å². The molecular formula is C20H26N2O5. The molecule has 0 unspecified atom stereocenters. The maximum absolute atomic E-state index is 12.5. The van der Waals surface area contributed by atoms with Gasteiger partial charge in [0.05, 0.1) is 7.11 Å². The van der Waals surface area contributed by atoms with Crippen LogP contribution in [0.15, 0.2) is 24.3 Å². The summed E-state index contributed by atoms with van der Waals surface area (Å²) in [6, 6.07) is 7.67. The van der Waals surface area contributed by atoms with Gasteiger partial charge in [-0.3, -0.25) is 14.4 Å². The van der Waals surface area contributed by atoms with Gasteiger partial charge in [-0.1, -0.05) is 12.1 Å². The monoisotopic (exact) mass is 374 g/mol. The minimum atomic E-state index is -1.20. The van der Waals surface area contributed by atoms with Crippen molar-refractivity contribution in [2.45, 2.75) is 32.1 Å². The van der Waals surface area contributed by atoms with Crippen LogP contribution in [0.5, 0.6) is 5.75 Å². The van der Waals surface area contributed by atoms with Gasteiger partial charge in [-0.15, -0.1) is 0 Å². The van der Waals surface area contributed by atoms with Gasteiger partial charge in [-0.05, 0) is 43.4 Å². The highest BCUT2D eigenvalue weighted by molar-refractivity contribution is 6.04. The largest absolute Gasteiger partial charge is 0.497 e. The van der Waals surface area contributed by atoms with E-state index in [1.54, 1.807) is 16.9 Å². The van der Waals surface area contributed by atoms with Crippen molar-refractivity contribution in [3.8, 4) is 5.75 Å². The molecule has 1 saturated heterocycles. The van der Waals surface area contributed by atoms with Crippen molar-refractivity contribution in [3.63, 3.8) is 0 Å². The zero-order chi connectivity index (χ0) is 19.4. The molecule has 1 aliphatic heterocycles. The number of ether oxygens (including phenoxy) is 1. The molecule has 146 valence electrons. The normalized spacial score (nSPS) is 18.6. The van der Waals surface area contributed by atoms with E-state index in [4.69, 9.17) is 4.74 Å². The summed E-state index contributed by atoms with van der Waals surface area (Å²) >= 11 is 0. The summed E-state index contributed by atoms with van der Waals surface area (Å²) < 4.78 is 5.13. The van der Waals surface area contributed by atoms with Crippen LogP contribution >= 0.6 is 0 Å². The van der Waals surface area contributed by atoms with Crippen molar-refractivity contribution in [1.29, 1.82) is 0 Å². The van der Waals surface area contributed by atoms with Crippen LogP contribution in [-0.4, -0.2) is 66.0 Å². The first kappa shape index (κ1) is 19.2. The predicted molar refractivity (Wildman–Crippen MR) is 98.4 cm³/mol. The van der Waals surface area contributed by atoms with Crippen LogP contribution in [0.1, 0.15) is 31.2 Å². The molecule has 0 radical (unpaired) electrons. The van der Waals surface area contributed by atoms with Crippen LogP contribution in [-0.2, 0) is 20.8 Å². The number of carbonyl (C=O) groups excluding carboxylic acids is 2. The van der Waals surface area contributed by atoms with Crippen LogP contribution < -0.4 is 4.74 Å². The summed E-state index contributed by atoms with van der Waals surface area (Å²) in [5.41, 5.74) is -0.124. The fraction of sp³-hybridized carbons (Fsp3) is 0.550. The SMILES string of the molecule is COc1ccc(CCC(=O)N2CCCN(C(=O)C3(C(=O)O)CC3)CC2)cc1. The van der Waals surface area contributed by atoms with Crippen molar-refractivity contribution >= 4 is 17.8 Å². The number of hydrogen-bond donors (Lipinski definition) is 1. The van der Waals surface area contributed by atoms with Gasteiger partial charge in [0.15, 0.2) is 0 Å². The summed E-state index contributed by atoms with van der Waals surface area (Å²) in [5, 5.41) is 9.31. The predicted octanol–water partition coefficient (Wildman–Crippen LogP) is 1.55. The van der Waals surface area contributed by atoms with Crippen molar-refractivity contribution in [2.24, 2.45) is 5.41 Å². The number of nitrogens with zero attached hydrogens (tertiary/aromatic N) is 2. The van der Waals surface area contributed by atoms with Crippen molar-refractivity contribution in [3.05, 3.63) is 29.8 Å². The Kier molecular flexibility index (Phi) is 5.68. The first-order chi connectivity index (χ1) is 13.0. The number of rotatable bonds is 6. The smallest absolute Gasteiger partial charge is 0.319 e. The Morgan fingerprint density at radius 1 is 1.04 bits per heavy atom. The molecule has 1 aromatic rings. The third-order valence-corrected chi connectivity index (χ3v) is 5.49. The highest BCUT2D eigenvalue weighted by Gasteiger charge is 2.58. The molecule has 0 atom stereocenters. The Hall–Kier alpha value is -2.57. The Bertz CT molecular complexity index is 712. The molecule has 0 bridgehead atoms. The summed E-state index contributed by atoms with van der Waals surface area (Å²) in [4.78, 5) is 39.9. The summed E-state index contributed by atoms with van der Waals surface area (Å²) in [7, 11) is 1.62. The number of methoxy groups -OCH3 is 1. The van der Waals surface area contributed by atoms with E-state index in [1.807, 2.05) is 24.3 Å². The molecule has 2 fully saturated rings. The van der Waals surface area contributed by atoms with Crippen LogP contribution in [0, 0.1) is 5.41 Å². The lowest BCUT2D eigenvalue weighted by molar-refractivity contribution is -0.153. The average Bonchev–Trinajstić information content (AvgIpc) is 3.50. The molecule has 1 N–H and O–H groups in total. The number of carboxylic acids is 1. The average molecular weight is 374 g/mol. The second-order valence-corrected chi connectivity index (χ2v) is 7.26. The lowest BCUT2D eigenvalue weighted by Gasteiger charge is -2.24. The molecule has 2 aliphatic rings. The Morgan fingerprint density at radius 3 is 2.26 bits per heavy atom. The highest BCUT2D eigenvalue weighted by Crippen LogP contribution is 2.47. The van der Waals surface area contributed by atoms with E-state index in [9.17, 15) is 19.5 Å². The van der Waals surface area contributed by atoms with Crippen LogP contribution in [0.4, 0.5) is 0 Å². The summed E-state index contributed by atoms with van der Waals surface area (Å²) in [6.45, 7) is 1.98. The quantitative estimate of drug-likeness (QED) is 0.764. The maximum atomic E-state index is 12.5. The molecule has 3 rings (SSSR count). The molecular weight excluding hydrogens is 348 g/mol. The van der Waals surface area contributed by atoms with Crippen molar-refractivity contribution < 1.29 is 24.2 Å². The second-order valence-electron chi connectivity index (χ2n) is 7.26. The summed E-state index contributed by atoms with van der Waals surface area (Å²) in [5.74, 6) is -0.455. The molecule has 0 aromatic heterocycles. The van der Waals surface area contributed by atoms with Gasteiger partial charge in [0, 0.05) is 32.6 Å². The van der Waals surface area contributed by atoms with E-state index in [0.29, 0.717) is 58.3 Å². The molecule has 0 spiro atoms. The van der Waals surface area contributed by atoms with Crippen molar-refractivity contribution in [1.82, 2.24) is 9.80 Å². The number of carboxylic acid groups (broad SMARTS) is 1. The van der Waals surface area contributed by atoms with Gasteiger partial charge in [-0.2, -0.15) is 0 Å². The van der Waals surface area contributed by atoms with E-state index >= 15 is 0 Å². The molecule has 1 aromatic carbocycles. The van der Waals surface area contributed by atoms with E-state index < -0.39 is 11.4 Å². The van der Waals surface area contributed by atoms with Gasteiger partial charge >= 0.3 is 5.97 Å². The zero-order valence-electron chi connectivity index (χ0n) is 15.6. The van der Waals surface area contributed by atoms with E-state index in [1.165, 1.54) is 0 Å². The third-order valence-electron chi connectivity index (χ3n) is 5.49. The Labute approximate surface area is 158 Å². The van der Waals surface area contributed by atoms with E-state index in [2.05, 4.69) is 0 Å². The standard InChI is InChI=1S/C20H26N2O5/c1-27-16-6-3-15(4-7-16)5-8-17(23)21-11-2-12-22(14-13-21)18(24)20(9-10-20)19(25)26/h3-4,6-7H,2,5,8-14H2,1H3,(H,25,26). The fourth-order valence-electron chi connectivity index (χ4n) is 3.52. The number of aryl methyl sites for hydroxylation is 1. The Balaban J connectivity index is 1.50. The van der Waals surface area contributed by atoms with Gasteiger partial charge in [0.2, 0.25) is 11.8 Å². The molecule has 1 heterocycles. The number of hydrogen-bond acceptors (Lipinski definition) is 4. The first-order valence-corrected chi connectivity index (χ1v) is 9.40. The number of aliphatic carboxylic acids is 1. The van der Waals surface area contributed by atoms with E-state index in [0.717, 1.165) is 11.3 Å². The molecule has 2 amide bonds. The topological polar surface area (TPSA) is 87.2 Å². The third kappa shape index (κ3) is 4.23. The number of benzene rings is 1. The first-order valence-electron chi connectivity index (χ1n) is 9.40. The lowest BCUT2D eigenvalue weighted by atomic mass is 10.1. The Morgan fingerprint density at radius 2 is 1.67 bits per heavy atom. The van der Waals surface area contributed by atoms with Gasteiger partial charge in [0.25, 0.3) is 0 Å². The summed E-state index contributed by atoms with van der Waals surface area (Å²) in [6.07, 6.45) is 2.59. The molecule has 7 nitrogen and oxygen atoms in total. The van der Waals surface area contributed by atoms with E-state index in [-0.39, 0.29) is 11.8 Å². The van der Waals surface area contributed by atoms with Gasteiger partial charge in [-0.25, -0.2) is 0 Å².